The standard InChI is InChI=1S/C17H16F3N3O6/c1-2-7-23-13(21)12(14(25)22-16(23)27)11(24)8-28-15(26)9-3-5-10(6-4-9)29-17(18,19)20/h3-6H,2,7-8,21H2,1H3,(H,22,25,27). The Morgan fingerprint density at radius 2 is 1.79 bits per heavy atom. The molecule has 0 saturated heterocycles. The van der Waals surface area contributed by atoms with Gasteiger partial charge in [-0.3, -0.25) is 19.1 Å². The summed E-state index contributed by atoms with van der Waals surface area (Å²) in [6, 6.07) is 3.82. The van der Waals surface area contributed by atoms with Crippen molar-refractivity contribution < 1.29 is 32.2 Å². The normalized spacial score (nSPS) is 11.2. The number of benzene rings is 1. The van der Waals surface area contributed by atoms with E-state index in [2.05, 4.69) is 4.74 Å². The number of nitrogens with zero attached hydrogens (tertiary/aromatic N) is 1. The van der Waals surface area contributed by atoms with Crippen molar-refractivity contribution in [3.05, 3.63) is 56.2 Å². The topological polar surface area (TPSA) is 133 Å². The van der Waals surface area contributed by atoms with Gasteiger partial charge in [-0.05, 0) is 30.7 Å². The maximum Gasteiger partial charge on any atom is 0.573 e. The lowest BCUT2D eigenvalue weighted by Gasteiger charge is -2.11. The SMILES string of the molecule is CCCn1c(N)c(C(=O)COC(=O)c2ccc(OC(F)(F)F)cc2)c(=O)[nH]c1=O. The number of aromatic amines is 1. The molecule has 2 aromatic rings. The highest BCUT2D eigenvalue weighted by Gasteiger charge is 2.31. The molecular formula is C17H16F3N3O6. The number of ether oxygens (including phenoxy) is 2. The minimum absolute atomic E-state index is 0.148. The van der Waals surface area contributed by atoms with E-state index in [0.717, 1.165) is 28.8 Å². The number of nitrogen functional groups attached to an aromatic ring is 1. The molecule has 156 valence electrons. The van der Waals surface area contributed by atoms with E-state index in [9.17, 15) is 32.3 Å². The molecule has 0 aliphatic rings. The first kappa shape index (κ1) is 21.7. The second-order valence-electron chi connectivity index (χ2n) is 5.74. The van der Waals surface area contributed by atoms with E-state index >= 15 is 0 Å². The fourth-order valence-corrected chi connectivity index (χ4v) is 2.38. The summed E-state index contributed by atoms with van der Waals surface area (Å²) in [4.78, 5) is 49.8. The Balaban J connectivity index is 2.11. The van der Waals surface area contributed by atoms with E-state index in [0.29, 0.717) is 6.42 Å². The first-order valence-electron chi connectivity index (χ1n) is 8.22. The van der Waals surface area contributed by atoms with Crippen LogP contribution < -0.4 is 21.7 Å². The van der Waals surface area contributed by atoms with E-state index < -0.39 is 47.3 Å². The molecule has 3 N–H and O–H groups in total. The molecule has 29 heavy (non-hydrogen) atoms. The summed E-state index contributed by atoms with van der Waals surface area (Å²) in [5.41, 5.74) is 3.26. The van der Waals surface area contributed by atoms with Crippen molar-refractivity contribution in [3.8, 4) is 5.75 Å². The summed E-state index contributed by atoms with van der Waals surface area (Å²) in [5.74, 6) is -2.86. The third kappa shape index (κ3) is 5.46. The van der Waals surface area contributed by atoms with Gasteiger partial charge in [0.05, 0.1) is 5.56 Å². The van der Waals surface area contributed by atoms with Crippen LogP contribution in [-0.4, -0.2) is 34.3 Å². The summed E-state index contributed by atoms with van der Waals surface area (Å²) < 4.78 is 45.8. The molecule has 0 fully saturated rings. The fourth-order valence-electron chi connectivity index (χ4n) is 2.38. The van der Waals surface area contributed by atoms with Crippen molar-refractivity contribution in [1.29, 1.82) is 0 Å². The van der Waals surface area contributed by atoms with Crippen molar-refractivity contribution in [2.24, 2.45) is 0 Å². The molecule has 0 bridgehead atoms. The number of alkyl halides is 3. The molecule has 0 amide bonds. The number of esters is 1. The van der Waals surface area contributed by atoms with Crippen molar-refractivity contribution >= 4 is 17.6 Å². The predicted molar refractivity (Wildman–Crippen MR) is 93.8 cm³/mol. The van der Waals surface area contributed by atoms with Crippen LogP contribution in [0.1, 0.15) is 34.1 Å². The summed E-state index contributed by atoms with van der Waals surface area (Å²) in [6.45, 7) is 1.05. The zero-order valence-corrected chi connectivity index (χ0v) is 15.0. The molecule has 12 heteroatoms. The number of ketones is 1. The minimum Gasteiger partial charge on any atom is -0.454 e. The molecule has 0 aliphatic heterocycles. The molecule has 1 aromatic carbocycles. The Morgan fingerprint density at radius 1 is 1.17 bits per heavy atom. The molecule has 0 unspecified atom stereocenters. The smallest absolute Gasteiger partial charge is 0.454 e. The van der Waals surface area contributed by atoms with E-state index in [1.165, 1.54) is 0 Å². The van der Waals surface area contributed by atoms with E-state index in [-0.39, 0.29) is 17.9 Å². The van der Waals surface area contributed by atoms with Crippen LogP contribution in [0.2, 0.25) is 0 Å². The Kier molecular flexibility index (Phi) is 6.46. The van der Waals surface area contributed by atoms with Crippen LogP contribution in [0.3, 0.4) is 0 Å². The van der Waals surface area contributed by atoms with E-state index in [1.54, 1.807) is 6.92 Å². The zero-order chi connectivity index (χ0) is 21.8. The number of hydrogen-bond acceptors (Lipinski definition) is 7. The van der Waals surface area contributed by atoms with Gasteiger partial charge in [-0.25, -0.2) is 9.59 Å². The van der Waals surface area contributed by atoms with Crippen LogP contribution in [0.4, 0.5) is 19.0 Å². The molecule has 9 nitrogen and oxygen atoms in total. The second kappa shape index (κ2) is 8.63. The second-order valence-corrected chi connectivity index (χ2v) is 5.74. The Hall–Kier alpha value is -3.57. The number of H-pyrrole nitrogens is 1. The number of anilines is 1. The molecule has 2 rings (SSSR count). The number of carbonyl (C=O) groups excluding carboxylic acids is 2. The highest BCUT2D eigenvalue weighted by Crippen LogP contribution is 2.22. The quantitative estimate of drug-likeness (QED) is 0.517. The Labute approximate surface area is 160 Å². The van der Waals surface area contributed by atoms with Crippen LogP contribution in [-0.2, 0) is 11.3 Å². The summed E-state index contributed by atoms with van der Waals surface area (Å²) in [6.07, 6.45) is -4.37. The number of hydrogen-bond donors (Lipinski definition) is 2. The van der Waals surface area contributed by atoms with Gasteiger partial charge in [0.1, 0.15) is 17.1 Å². The number of carbonyl (C=O) groups is 2. The molecule has 1 heterocycles. The van der Waals surface area contributed by atoms with Gasteiger partial charge in [-0.2, -0.15) is 0 Å². The zero-order valence-electron chi connectivity index (χ0n) is 15.0. The summed E-state index contributed by atoms with van der Waals surface area (Å²) in [7, 11) is 0. The van der Waals surface area contributed by atoms with Crippen LogP contribution >= 0.6 is 0 Å². The lowest BCUT2D eigenvalue weighted by Crippen LogP contribution is -2.37. The molecule has 1 aromatic heterocycles. The summed E-state index contributed by atoms with van der Waals surface area (Å²) >= 11 is 0. The number of halogens is 3. The van der Waals surface area contributed by atoms with Gasteiger partial charge in [0, 0.05) is 6.54 Å². The molecule has 0 aliphatic carbocycles. The maximum atomic E-state index is 12.3. The average molecular weight is 415 g/mol. The largest absolute Gasteiger partial charge is 0.573 e. The molecule has 0 saturated carbocycles. The monoisotopic (exact) mass is 415 g/mol. The fraction of sp³-hybridized carbons (Fsp3) is 0.294. The van der Waals surface area contributed by atoms with Crippen LogP contribution in [0.5, 0.6) is 5.75 Å². The number of rotatable bonds is 7. The number of aromatic nitrogens is 2. The van der Waals surface area contributed by atoms with Crippen molar-refractivity contribution in [3.63, 3.8) is 0 Å². The first-order chi connectivity index (χ1) is 13.5. The highest BCUT2D eigenvalue weighted by molar-refractivity contribution is 6.02. The highest BCUT2D eigenvalue weighted by atomic mass is 19.4. The number of nitrogens with one attached hydrogen (secondary N) is 1. The number of nitrogens with two attached hydrogens (primary N) is 1. The van der Waals surface area contributed by atoms with Crippen molar-refractivity contribution in [1.82, 2.24) is 9.55 Å². The van der Waals surface area contributed by atoms with Gasteiger partial charge in [-0.15, -0.1) is 13.2 Å². The van der Waals surface area contributed by atoms with Crippen molar-refractivity contribution in [2.75, 3.05) is 12.3 Å². The van der Waals surface area contributed by atoms with Gasteiger partial charge in [0.25, 0.3) is 5.56 Å². The maximum absolute atomic E-state index is 12.3. The molecule has 0 spiro atoms. The van der Waals surface area contributed by atoms with E-state index in [4.69, 9.17) is 10.5 Å². The molecule has 0 radical (unpaired) electrons. The van der Waals surface area contributed by atoms with Gasteiger partial charge in [0.2, 0.25) is 5.78 Å². The van der Waals surface area contributed by atoms with E-state index in [1.807, 2.05) is 4.98 Å². The third-order valence-electron chi connectivity index (χ3n) is 3.62. The van der Waals surface area contributed by atoms with Crippen LogP contribution in [0.15, 0.2) is 33.9 Å². The number of Topliss-reactive ketones (excluding diaryl/α,β-unsaturated/α-hetero) is 1. The lowest BCUT2D eigenvalue weighted by molar-refractivity contribution is -0.274. The molecular weight excluding hydrogens is 399 g/mol. The lowest BCUT2D eigenvalue weighted by atomic mass is 10.2. The van der Waals surface area contributed by atoms with Crippen molar-refractivity contribution in [2.45, 2.75) is 26.3 Å². The van der Waals surface area contributed by atoms with Crippen LogP contribution in [0.25, 0.3) is 0 Å². The van der Waals surface area contributed by atoms with Gasteiger partial charge in [0.15, 0.2) is 6.61 Å². The third-order valence-corrected chi connectivity index (χ3v) is 3.62. The first-order valence-corrected chi connectivity index (χ1v) is 8.22. The predicted octanol–water partition coefficient (Wildman–Crippen LogP) is 1.47. The van der Waals surface area contributed by atoms with Crippen LogP contribution in [0, 0.1) is 0 Å². The van der Waals surface area contributed by atoms with Gasteiger partial charge < -0.3 is 15.2 Å². The Bertz CT molecular complexity index is 1020. The Morgan fingerprint density at radius 3 is 2.34 bits per heavy atom. The van der Waals surface area contributed by atoms with Gasteiger partial charge >= 0.3 is 18.0 Å². The summed E-state index contributed by atoms with van der Waals surface area (Å²) in [5, 5.41) is 0. The van der Waals surface area contributed by atoms with Gasteiger partial charge in [-0.1, -0.05) is 6.92 Å². The minimum atomic E-state index is -4.88. The molecule has 0 atom stereocenters. The average Bonchev–Trinajstić information content (AvgIpc) is 2.62.